The van der Waals surface area contributed by atoms with Crippen molar-refractivity contribution in [1.29, 1.82) is 0 Å². The zero-order valence-corrected chi connectivity index (χ0v) is 14.4. The van der Waals surface area contributed by atoms with Crippen LogP contribution >= 0.6 is 11.3 Å². The number of nitrogens with zero attached hydrogens (tertiary/aromatic N) is 1. The molecule has 1 aliphatic rings. The van der Waals surface area contributed by atoms with Crippen LogP contribution < -0.4 is 10.6 Å². The van der Waals surface area contributed by atoms with Crippen molar-refractivity contribution in [2.24, 2.45) is 5.41 Å². The molecule has 2 amide bonds. The highest BCUT2D eigenvalue weighted by molar-refractivity contribution is 7.09. The number of carbonyl (C=O) groups is 1. The van der Waals surface area contributed by atoms with Gasteiger partial charge in [-0.05, 0) is 27.2 Å². The van der Waals surface area contributed by atoms with E-state index in [2.05, 4.69) is 36.4 Å². The fourth-order valence-corrected chi connectivity index (χ4v) is 3.56. The average molecular weight is 311 g/mol. The lowest BCUT2D eigenvalue weighted by molar-refractivity contribution is -0.177. The molecule has 0 spiro atoms. The quantitative estimate of drug-likeness (QED) is 0.898. The first-order valence-corrected chi connectivity index (χ1v) is 8.12. The fourth-order valence-electron chi connectivity index (χ4n) is 2.75. The molecule has 3 atom stereocenters. The van der Waals surface area contributed by atoms with Gasteiger partial charge in [-0.15, -0.1) is 11.3 Å². The van der Waals surface area contributed by atoms with Crippen molar-refractivity contribution in [1.82, 2.24) is 15.6 Å². The lowest BCUT2D eigenvalue weighted by atomic mass is 9.56. The van der Waals surface area contributed by atoms with E-state index >= 15 is 0 Å². The van der Waals surface area contributed by atoms with Gasteiger partial charge in [-0.25, -0.2) is 9.78 Å². The molecule has 1 aliphatic carbocycles. The summed E-state index contributed by atoms with van der Waals surface area (Å²) in [5.74, 6) is 0. The topological polar surface area (TPSA) is 63.2 Å². The Morgan fingerprint density at radius 1 is 1.52 bits per heavy atom. The lowest BCUT2D eigenvalue weighted by Crippen LogP contribution is -2.69. The van der Waals surface area contributed by atoms with Crippen molar-refractivity contribution < 1.29 is 9.53 Å². The first-order chi connectivity index (χ1) is 9.69. The standard InChI is InChI=1S/C15H25N3O2S/c1-9-8-21-12(16-9)10(2)17-13(19)18-11-7-15(5,20-6)14(11,3)4/h8,10-11H,7H2,1-6H3,(H2,17,18,19)/t10-,11-,15+/m0/s1. The summed E-state index contributed by atoms with van der Waals surface area (Å²) in [5, 5.41) is 8.92. The van der Waals surface area contributed by atoms with Gasteiger partial charge in [-0.1, -0.05) is 13.8 Å². The minimum absolute atomic E-state index is 0.0827. The van der Waals surface area contributed by atoms with Gasteiger partial charge in [0.15, 0.2) is 0 Å². The van der Waals surface area contributed by atoms with Crippen LogP contribution in [0.5, 0.6) is 0 Å². The zero-order valence-electron chi connectivity index (χ0n) is 13.6. The van der Waals surface area contributed by atoms with Crippen molar-refractivity contribution in [3.63, 3.8) is 0 Å². The number of aromatic nitrogens is 1. The molecule has 21 heavy (non-hydrogen) atoms. The molecule has 6 heteroatoms. The number of rotatable bonds is 4. The molecule has 0 aliphatic heterocycles. The van der Waals surface area contributed by atoms with Gasteiger partial charge in [0.2, 0.25) is 0 Å². The third kappa shape index (κ3) is 2.92. The van der Waals surface area contributed by atoms with Crippen molar-refractivity contribution in [2.45, 2.75) is 58.7 Å². The maximum atomic E-state index is 12.1. The molecule has 1 heterocycles. The number of ether oxygens (including phenoxy) is 1. The second-order valence-electron chi connectivity index (χ2n) is 6.58. The molecular formula is C15H25N3O2S. The molecule has 1 saturated carbocycles. The van der Waals surface area contributed by atoms with E-state index in [1.54, 1.807) is 18.4 Å². The van der Waals surface area contributed by atoms with Crippen LogP contribution in [0.15, 0.2) is 5.38 Å². The van der Waals surface area contributed by atoms with Crippen LogP contribution in [0.1, 0.15) is 50.9 Å². The summed E-state index contributed by atoms with van der Waals surface area (Å²) in [4.78, 5) is 16.5. The van der Waals surface area contributed by atoms with Crippen LogP contribution in [0.25, 0.3) is 0 Å². The highest BCUT2D eigenvalue weighted by Gasteiger charge is 2.58. The summed E-state index contributed by atoms with van der Waals surface area (Å²) >= 11 is 1.57. The molecule has 0 aromatic carbocycles. The summed E-state index contributed by atoms with van der Waals surface area (Å²) in [6.07, 6.45) is 0.828. The number of hydrogen-bond acceptors (Lipinski definition) is 4. The largest absolute Gasteiger partial charge is 0.378 e. The van der Waals surface area contributed by atoms with Crippen LogP contribution in [0, 0.1) is 12.3 Å². The fraction of sp³-hybridized carbons (Fsp3) is 0.733. The average Bonchev–Trinajstić information content (AvgIpc) is 2.84. The Morgan fingerprint density at radius 2 is 2.19 bits per heavy atom. The van der Waals surface area contributed by atoms with E-state index < -0.39 is 0 Å². The Hall–Kier alpha value is -1.14. The molecule has 1 aromatic rings. The summed E-state index contributed by atoms with van der Waals surface area (Å²) in [6, 6.07) is -0.111. The number of methoxy groups -OCH3 is 1. The van der Waals surface area contributed by atoms with Gasteiger partial charge in [0.1, 0.15) is 5.01 Å². The van der Waals surface area contributed by atoms with Gasteiger partial charge in [0.05, 0.1) is 11.6 Å². The van der Waals surface area contributed by atoms with Crippen molar-refractivity contribution in [2.75, 3.05) is 7.11 Å². The number of hydrogen-bond donors (Lipinski definition) is 2. The van der Waals surface area contributed by atoms with Crippen molar-refractivity contribution in [3.05, 3.63) is 16.1 Å². The molecule has 1 fully saturated rings. The predicted molar refractivity (Wildman–Crippen MR) is 84.5 cm³/mol. The number of nitrogens with one attached hydrogen (secondary N) is 2. The zero-order chi connectivity index (χ0) is 15.8. The molecule has 5 nitrogen and oxygen atoms in total. The van der Waals surface area contributed by atoms with Crippen LogP contribution in [0.2, 0.25) is 0 Å². The third-order valence-corrected chi connectivity index (χ3v) is 6.08. The first-order valence-electron chi connectivity index (χ1n) is 7.24. The Labute approximate surface area is 130 Å². The number of aryl methyl sites for hydroxylation is 1. The molecule has 2 rings (SSSR count). The Morgan fingerprint density at radius 3 is 2.67 bits per heavy atom. The summed E-state index contributed by atoms with van der Waals surface area (Å²) in [5.41, 5.74) is 0.725. The Bertz CT molecular complexity index is 529. The van der Waals surface area contributed by atoms with E-state index in [9.17, 15) is 4.79 Å². The van der Waals surface area contributed by atoms with Crippen LogP contribution in [0.3, 0.4) is 0 Å². The number of urea groups is 1. The van der Waals surface area contributed by atoms with Gasteiger partial charge in [0.25, 0.3) is 0 Å². The van der Waals surface area contributed by atoms with Crippen molar-refractivity contribution >= 4 is 17.4 Å². The van der Waals surface area contributed by atoms with E-state index in [-0.39, 0.29) is 29.1 Å². The van der Waals surface area contributed by atoms with Crippen molar-refractivity contribution in [3.8, 4) is 0 Å². The minimum atomic E-state index is -0.178. The molecule has 1 aromatic heterocycles. The minimum Gasteiger partial charge on any atom is -0.378 e. The molecule has 0 saturated heterocycles. The first kappa shape index (κ1) is 16.2. The van der Waals surface area contributed by atoms with E-state index in [1.165, 1.54) is 0 Å². The summed E-state index contributed by atoms with van der Waals surface area (Å²) in [7, 11) is 1.73. The van der Waals surface area contributed by atoms with E-state index in [0.717, 1.165) is 17.1 Å². The highest BCUT2D eigenvalue weighted by atomic mass is 32.1. The van der Waals surface area contributed by atoms with Gasteiger partial charge in [0, 0.05) is 29.6 Å². The summed E-state index contributed by atoms with van der Waals surface area (Å²) < 4.78 is 5.57. The van der Waals surface area contributed by atoms with E-state index in [4.69, 9.17) is 4.74 Å². The molecular weight excluding hydrogens is 286 g/mol. The van der Waals surface area contributed by atoms with Gasteiger partial charge in [-0.2, -0.15) is 0 Å². The van der Waals surface area contributed by atoms with Gasteiger partial charge >= 0.3 is 6.03 Å². The third-order valence-electron chi connectivity index (χ3n) is 4.94. The number of carbonyl (C=O) groups excluding carboxylic acids is 1. The summed E-state index contributed by atoms with van der Waals surface area (Å²) in [6.45, 7) is 10.2. The molecule has 118 valence electrons. The van der Waals surface area contributed by atoms with E-state index in [1.807, 2.05) is 19.2 Å². The van der Waals surface area contributed by atoms with Crippen LogP contribution in [0.4, 0.5) is 4.79 Å². The lowest BCUT2D eigenvalue weighted by Gasteiger charge is -2.59. The number of thiazole rings is 1. The second kappa shape index (κ2) is 5.57. The number of amides is 2. The molecule has 0 unspecified atom stereocenters. The molecule has 0 bridgehead atoms. The highest BCUT2D eigenvalue weighted by Crippen LogP contribution is 2.51. The predicted octanol–water partition coefficient (Wildman–Crippen LogP) is 3.02. The Kier molecular flexibility index (Phi) is 4.31. The maximum absolute atomic E-state index is 12.1. The monoisotopic (exact) mass is 311 g/mol. The van der Waals surface area contributed by atoms with Gasteiger partial charge in [-0.3, -0.25) is 0 Å². The maximum Gasteiger partial charge on any atom is 0.315 e. The second-order valence-corrected chi connectivity index (χ2v) is 7.47. The van der Waals surface area contributed by atoms with Gasteiger partial charge < -0.3 is 15.4 Å². The van der Waals surface area contributed by atoms with Crippen LogP contribution in [-0.4, -0.2) is 29.8 Å². The normalized spacial score (nSPS) is 28.6. The van der Waals surface area contributed by atoms with E-state index in [0.29, 0.717) is 0 Å². The Balaban J connectivity index is 1.89. The van der Waals surface area contributed by atoms with Crippen LogP contribution in [-0.2, 0) is 4.74 Å². The SMILES string of the molecule is CO[C@]1(C)C[C@H](NC(=O)N[C@@H](C)c2nc(C)cs2)C1(C)C. The molecule has 0 radical (unpaired) electrons. The smallest absolute Gasteiger partial charge is 0.315 e. The molecule has 2 N–H and O–H groups in total.